The minimum absolute atomic E-state index is 0.0845. The zero-order valence-corrected chi connectivity index (χ0v) is 11.5. The van der Waals surface area contributed by atoms with Crippen LogP contribution in [0.15, 0.2) is 12.1 Å². The maximum atomic E-state index is 11.7. The van der Waals surface area contributed by atoms with Gasteiger partial charge in [-0.3, -0.25) is 4.79 Å². The van der Waals surface area contributed by atoms with E-state index >= 15 is 0 Å². The fraction of sp³-hybridized carbons (Fsp3) is 0.533. The lowest BCUT2D eigenvalue weighted by molar-refractivity contribution is -0.120. The van der Waals surface area contributed by atoms with Crippen LogP contribution in [0.3, 0.4) is 0 Å². The lowest BCUT2D eigenvalue weighted by atomic mass is 10.00. The standard InChI is InChI=1S/C15H22N2O/c1-10-6-11(2)14(12(3)7-10)8-17-15(18)9-16-13-4-5-13/h6-7,13,16H,4-5,8-9H2,1-3H3,(H,17,18). The molecular formula is C15H22N2O. The van der Waals surface area contributed by atoms with Crippen LogP contribution in [0.1, 0.15) is 35.1 Å². The zero-order chi connectivity index (χ0) is 13.1. The Morgan fingerprint density at radius 2 is 1.83 bits per heavy atom. The van der Waals surface area contributed by atoms with E-state index in [1.165, 1.54) is 35.1 Å². The number of nitrogens with one attached hydrogen (secondary N) is 2. The minimum atomic E-state index is 0.0845. The maximum absolute atomic E-state index is 11.7. The quantitative estimate of drug-likeness (QED) is 0.834. The van der Waals surface area contributed by atoms with E-state index in [1.54, 1.807) is 0 Å². The van der Waals surface area contributed by atoms with Crippen molar-refractivity contribution in [3.63, 3.8) is 0 Å². The molecular weight excluding hydrogens is 224 g/mol. The highest BCUT2D eigenvalue weighted by molar-refractivity contribution is 5.78. The summed E-state index contributed by atoms with van der Waals surface area (Å²) in [4.78, 5) is 11.7. The molecule has 1 aromatic carbocycles. The summed E-state index contributed by atoms with van der Waals surface area (Å²) >= 11 is 0. The fourth-order valence-corrected chi connectivity index (χ4v) is 2.26. The minimum Gasteiger partial charge on any atom is -0.351 e. The van der Waals surface area contributed by atoms with Crippen LogP contribution in [0, 0.1) is 20.8 Å². The van der Waals surface area contributed by atoms with Crippen LogP contribution in [0.4, 0.5) is 0 Å². The topological polar surface area (TPSA) is 41.1 Å². The summed E-state index contributed by atoms with van der Waals surface area (Å²) in [5.74, 6) is 0.0845. The molecule has 0 unspecified atom stereocenters. The van der Waals surface area contributed by atoms with Crippen molar-refractivity contribution in [3.8, 4) is 0 Å². The molecule has 0 bridgehead atoms. The van der Waals surface area contributed by atoms with E-state index in [-0.39, 0.29) is 5.91 Å². The summed E-state index contributed by atoms with van der Waals surface area (Å²) in [6.07, 6.45) is 2.42. The van der Waals surface area contributed by atoms with Crippen molar-refractivity contribution in [3.05, 3.63) is 34.4 Å². The van der Waals surface area contributed by atoms with Gasteiger partial charge in [0.05, 0.1) is 6.54 Å². The number of carbonyl (C=O) groups excluding carboxylic acids is 1. The van der Waals surface area contributed by atoms with E-state index in [1.807, 2.05) is 0 Å². The highest BCUT2D eigenvalue weighted by Gasteiger charge is 2.21. The van der Waals surface area contributed by atoms with E-state index in [4.69, 9.17) is 0 Å². The van der Waals surface area contributed by atoms with Crippen LogP contribution in [0.25, 0.3) is 0 Å². The Morgan fingerprint density at radius 3 is 2.39 bits per heavy atom. The predicted molar refractivity (Wildman–Crippen MR) is 73.5 cm³/mol. The molecule has 1 aromatic rings. The average Bonchev–Trinajstić information content (AvgIpc) is 3.08. The Labute approximate surface area is 109 Å². The first-order valence-corrected chi connectivity index (χ1v) is 6.63. The van der Waals surface area contributed by atoms with E-state index < -0.39 is 0 Å². The van der Waals surface area contributed by atoms with Gasteiger partial charge in [-0.1, -0.05) is 17.7 Å². The maximum Gasteiger partial charge on any atom is 0.234 e. The molecule has 2 N–H and O–H groups in total. The van der Waals surface area contributed by atoms with Crippen LogP contribution < -0.4 is 10.6 Å². The Morgan fingerprint density at radius 1 is 1.22 bits per heavy atom. The van der Waals surface area contributed by atoms with E-state index in [0.717, 1.165) is 0 Å². The number of aryl methyl sites for hydroxylation is 3. The Balaban J connectivity index is 1.86. The third kappa shape index (κ3) is 3.57. The Kier molecular flexibility index (Phi) is 4.02. The monoisotopic (exact) mass is 246 g/mol. The summed E-state index contributed by atoms with van der Waals surface area (Å²) < 4.78 is 0. The Hall–Kier alpha value is -1.35. The van der Waals surface area contributed by atoms with Gasteiger partial charge in [0.2, 0.25) is 5.91 Å². The smallest absolute Gasteiger partial charge is 0.234 e. The molecule has 1 saturated carbocycles. The van der Waals surface area contributed by atoms with Gasteiger partial charge in [-0.25, -0.2) is 0 Å². The fourth-order valence-electron chi connectivity index (χ4n) is 2.26. The number of hydrogen-bond acceptors (Lipinski definition) is 2. The third-order valence-corrected chi connectivity index (χ3v) is 3.43. The second-order valence-corrected chi connectivity index (χ2v) is 5.31. The molecule has 0 spiro atoms. The van der Waals surface area contributed by atoms with Crippen molar-refractivity contribution in [2.45, 2.75) is 46.2 Å². The van der Waals surface area contributed by atoms with Crippen molar-refractivity contribution in [1.82, 2.24) is 10.6 Å². The molecule has 18 heavy (non-hydrogen) atoms. The van der Waals surface area contributed by atoms with Gasteiger partial charge in [-0.2, -0.15) is 0 Å². The number of benzene rings is 1. The van der Waals surface area contributed by atoms with Crippen molar-refractivity contribution in [2.24, 2.45) is 0 Å². The lowest BCUT2D eigenvalue weighted by Crippen LogP contribution is -2.34. The molecule has 0 aromatic heterocycles. The number of rotatable bonds is 5. The van der Waals surface area contributed by atoms with Crippen molar-refractivity contribution in [2.75, 3.05) is 6.54 Å². The van der Waals surface area contributed by atoms with E-state index in [2.05, 4.69) is 43.5 Å². The first-order chi connectivity index (χ1) is 8.56. The third-order valence-electron chi connectivity index (χ3n) is 3.43. The predicted octanol–water partition coefficient (Wildman–Crippen LogP) is 1.98. The molecule has 0 saturated heterocycles. The second kappa shape index (κ2) is 5.53. The molecule has 98 valence electrons. The first kappa shape index (κ1) is 13.1. The summed E-state index contributed by atoms with van der Waals surface area (Å²) in [5.41, 5.74) is 5.02. The van der Waals surface area contributed by atoms with Gasteiger partial charge in [-0.15, -0.1) is 0 Å². The van der Waals surface area contributed by atoms with Crippen LogP contribution >= 0.6 is 0 Å². The molecule has 0 aliphatic heterocycles. The molecule has 2 rings (SSSR count). The SMILES string of the molecule is Cc1cc(C)c(CNC(=O)CNC2CC2)c(C)c1. The van der Waals surface area contributed by atoms with Crippen molar-refractivity contribution >= 4 is 5.91 Å². The molecule has 1 amide bonds. The summed E-state index contributed by atoms with van der Waals surface area (Å²) in [7, 11) is 0. The van der Waals surface area contributed by atoms with Crippen molar-refractivity contribution < 1.29 is 4.79 Å². The van der Waals surface area contributed by atoms with Crippen LogP contribution in [-0.4, -0.2) is 18.5 Å². The van der Waals surface area contributed by atoms with Gasteiger partial charge in [0.1, 0.15) is 0 Å². The first-order valence-electron chi connectivity index (χ1n) is 6.63. The zero-order valence-electron chi connectivity index (χ0n) is 11.5. The van der Waals surface area contributed by atoms with Crippen LogP contribution in [0.5, 0.6) is 0 Å². The highest BCUT2D eigenvalue weighted by Crippen LogP contribution is 2.18. The largest absolute Gasteiger partial charge is 0.351 e. The van der Waals surface area contributed by atoms with Gasteiger partial charge < -0.3 is 10.6 Å². The van der Waals surface area contributed by atoms with E-state index in [0.29, 0.717) is 19.1 Å². The second-order valence-electron chi connectivity index (χ2n) is 5.31. The van der Waals surface area contributed by atoms with Crippen molar-refractivity contribution in [1.29, 1.82) is 0 Å². The van der Waals surface area contributed by atoms with Gasteiger partial charge in [0, 0.05) is 12.6 Å². The molecule has 0 radical (unpaired) electrons. The average molecular weight is 246 g/mol. The number of carbonyl (C=O) groups is 1. The normalized spacial score (nSPS) is 14.6. The van der Waals surface area contributed by atoms with Crippen LogP contribution in [-0.2, 0) is 11.3 Å². The molecule has 1 fully saturated rings. The molecule has 0 atom stereocenters. The Bertz CT molecular complexity index is 427. The molecule has 1 aliphatic rings. The number of hydrogen-bond donors (Lipinski definition) is 2. The van der Waals surface area contributed by atoms with Gasteiger partial charge in [0.25, 0.3) is 0 Å². The highest BCUT2D eigenvalue weighted by atomic mass is 16.1. The van der Waals surface area contributed by atoms with Crippen LogP contribution in [0.2, 0.25) is 0 Å². The molecule has 3 heteroatoms. The van der Waals surface area contributed by atoms with Gasteiger partial charge in [-0.05, 0) is 50.3 Å². The summed E-state index contributed by atoms with van der Waals surface area (Å²) in [6.45, 7) is 7.37. The molecule has 0 heterocycles. The summed E-state index contributed by atoms with van der Waals surface area (Å²) in [6, 6.07) is 4.91. The number of amides is 1. The lowest BCUT2D eigenvalue weighted by Gasteiger charge is -2.12. The van der Waals surface area contributed by atoms with Gasteiger partial charge >= 0.3 is 0 Å². The molecule has 1 aliphatic carbocycles. The van der Waals surface area contributed by atoms with E-state index in [9.17, 15) is 4.79 Å². The summed E-state index contributed by atoms with van der Waals surface area (Å²) in [5, 5.41) is 6.20. The van der Waals surface area contributed by atoms with Gasteiger partial charge in [0.15, 0.2) is 0 Å². The molecule has 3 nitrogen and oxygen atoms in total.